The standard InChI is InChI=1S/C11H12ClN5OS/c1-17-11(14-15-16-17)19-7-10(18)13-6-8-3-2-4-9(12)5-8/h2-5H,6-7H2,1H3,(H,13,18). The number of carbonyl (C=O) groups excluding carboxylic acids is 1. The van der Waals surface area contributed by atoms with Gasteiger partial charge in [-0.2, -0.15) is 0 Å². The van der Waals surface area contributed by atoms with Gasteiger partial charge in [0.05, 0.1) is 5.75 Å². The SMILES string of the molecule is Cn1nnnc1SCC(=O)NCc1cccc(Cl)c1. The van der Waals surface area contributed by atoms with E-state index in [4.69, 9.17) is 11.6 Å². The lowest BCUT2D eigenvalue weighted by molar-refractivity contribution is -0.118. The lowest BCUT2D eigenvalue weighted by Crippen LogP contribution is -2.24. The molecule has 0 atom stereocenters. The van der Waals surface area contributed by atoms with Crippen molar-refractivity contribution in [3.63, 3.8) is 0 Å². The highest BCUT2D eigenvalue weighted by Gasteiger charge is 2.07. The third-order valence-corrected chi connectivity index (χ3v) is 3.54. The van der Waals surface area contributed by atoms with Crippen LogP contribution in [-0.2, 0) is 18.4 Å². The maximum absolute atomic E-state index is 11.7. The van der Waals surface area contributed by atoms with Crippen LogP contribution in [0.25, 0.3) is 0 Å². The Morgan fingerprint density at radius 3 is 3.05 bits per heavy atom. The first kappa shape index (κ1) is 13.8. The van der Waals surface area contributed by atoms with E-state index in [1.807, 2.05) is 18.2 Å². The van der Waals surface area contributed by atoms with Gasteiger partial charge in [0.1, 0.15) is 0 Å². The molecule has 0 aliphatic heterocycles. The molecular formula is C11H12ClN5OS. The fourth-order valence-electron chi connectivity index (χ4n) is 1.37. The quantitative estimate of drug-likeness (QED) is 0.842. The first-order valence-corrected chi connectivity index (χ1v) is 6.88. The predicted molar refractivity (Wildman–Crippen MR) is 72.8 cm³/mol. The second kappa shape index (κ2) is 6.53. The normalized spacial score (nSPS) is 10.4. The van der Waals surface area contributed by atoms with Crippen LogP contribution in [0.3, 0.4) is 0 Å². The Hall–Kier alpha value is -1.60. The molecule has 1 aromatic carbocycles. The highest BCUT2D eigenvalue weighted by Crippen LogP contribution is 2.12. The molecule has 0 saturated carbocycles. The molecule has 0 aliphatic carbocycles. The molecule has 0 fully saturated rings. The maximum atomic E-state index is 11.7. The Morgan fingerprint density at radius 1 is 1.53 bits per heavy atom. The zero-order chi connectivity index (χ0) is 13.7. The van der Waals surface area contributed by atoms with E-state index in [0.29, 0.717) is 16.7 Å². The number of thioether (sulfide) groups is 1. The van der Waals surface area contributed by atoms with Crippen molar-refractivity contribution in [2.75, 3.05) is 5.75 Å². The molecule has 1 N–H and O–H groups in total. The van der Waals surface area contributed by atoms with Gasteiger partial charge in [0.2, 0.25) is 11.1 Å². The summed E-state index contributed by atoms with van der Waals surface area (Å²) in [5.74, 6) is 0.197. The molecule has 6 nitrogen and oxygen atoms in total. The van der Waals surface area contributed by atoms with Gasteiger partial charge in [0.15, 0.2) is 0 Å². The van der Waals surface area contributed by atoms with Gasteiger partial charge in [-0.3, -0.25) is 4.79 Å². The van der Waals surface area contributed by atoms with Crippen molar-refractivity contribution in [2.45, 2.75) is 11.7 Å². The monoisotopic (exact) mass is 297 g/mol. The first-order valence-electron chi connectivity index (χ1n) is 5.51. The van der Waals surface area contributed by atoms with Crippen molar-refractivity contribution in [3.05, 3.63) is 34.9 Å². The van der Waals surface area contributed by atoms with E-state index in [1.165, 1.54) is 16.4 Å². The van der Waals surface area contributed by atoms with Crippen molar-refractivity contribution in [1.82, 2.24) is 25.5 Å². The number of nitrogens with one attached hydrogen (secondary N) is 1. The van der Waals surface area contributed by atoms with Crippen LogP contribution in [0.2, 0.25) is 5.02 Å². The number of rotatable bonds is 5. The van der Waals surface area contributed by atoms with E-state index < -0.39 is 0 Å². The lowest BCUT2D eigenvalue weighted by atomic mass is 10.2. The van der Waals surface area contributed by atoms with Crippen LogP contribution >= 0.6 is 23.4 Å². The summed E-state index contributed by atoms with van der Waals surface area (Å²) in [4.78, 5) is 11.7. The molecular weight excluding hydrogens is 286 g/mol. The fourth-order valence-corrected chi connectivity index (χ4v) is 2.26. The van der Waals surface area contributed by atoms with Gasteiger partial charge in [0.25, 0.3) is 0 Å². The van der Waals surface area contributed by atoms with Gasteiger partial charge >= 0.3 is 0 Å². The second-order valence-electron chi connectivity index (χ2n) is 3.78. The Morgan fingerprint density at radius 2 is 2.37 bits per heavy atom. The summed E-state index contributed by atoms with van der Waals surface area (Å²) >= 11 is 7.15. The molecule has 0 saturated heterocycles. The van der Waals surface area contributed by atoms with Crippen LogP contribution in [0.1, 0.15) is 5.56 Å². The van der Waals surface area contributed by atoms with E-state index in [0.717, 1.165) is 5.56 Å². The summed E-state index contributed by atoms with van der Waals surface area (Å²) in [5, 5.41) is 15.0. The molecule has 19 heavy (non-hydrogen) atoms. The van der Waals surface area contributed by atoms with Crippen molar-refractivity contribution >= 4 is 29.3 Å². The number of aryl methyl sites for hydroxylation is 1. The summed E-state index contributed by atoms with van der Waals surface area (Å²) < 4.78 is 1.52. The number of nitrogens with zero attached hydrogens (tertiary/aromatic N) is 4. The first-order chi connectivity index (χ1) is 9.15. The highest BCUT2D eigenvalue weighted by molar-refractivity contribution is 7.99. The average molecular weight is 298 g/mol. The average Bonchev–Trinajstić information content (AvgIpc) is 2.80. The fraction of sp³-hybridized carbons (Fsp3) is 0.273. The molecule has 1 amide bonds. The van der Waals surface area contributed by atoms with E-state index in [9.17, 15) is 4.79 Å². The Kier molecular flexibility index (Phi) is 4.75. The third kappa shape index (κ3) is 4.22. The van der Waals surface area contributed by atoms with Gasteiger partial charge < -0.3 is 5.32 Å². The van der Waals surface area contributed by atoms with Crippen LogP contribution in [0, 0.1) is 0 Å². The van der Waals surface area contributed by atoms with Crippen LogP contribution in [0.5, 0.6) is 0 Å². The minimum Gasteiger partial charge on any atom is -0.351 e. The summed E-state index contributed by atoms with van der Waals surface area (Å²) in [6, 6.07) is 7.38. The Bertz CT molecular complexity index is 574. The van der Waals surface area contributed by atoms with Crippen molar-refractivity contribution in [3.8, 4) is 0 Å². The van der Waals surface area contributed by atoms with E-state index in [1.54, 1.807) is 13.1 Å². The summed E-state index contributed by atoms with van der Waals surface area (Å²) in [6.45, 7) is 0.455. The molecule has 8 heteroatoms. The Labute approximate surface area is 119 Å². The van der Waals surface area contributed by atoms with Crippen molar-refractivity contribution in [2.24, 2.45) is 7.05 Å². The molecule has 1 aromatic heterocycles. The lowest BCUT2D eigenvalue weighted by Gasteiger charge is -2.05. The second-order valence-corrected chi connectivity index (χ2v) is 5.16. The van der Waals surface area contributed by atoms with Crippen molar-refractivity contribution < 1.29 is 4.79 Å². The van der Waals surface area contributed by atoms with E-state index in [2.05, 4.69) is 20.8 Å². The van der Waals surface area contributed by atoms with Gasteiger partial charge in [-0.1, -0.05) is 35.5 Å². The van der Waals surface area contributed by atoms with Crippen LogP contribution in [-0.4, -0.2) is 31.9 Å². The third-order valence-electron chi connectivity index (χ3n) is 2.29. The molecule has 0 unspecified atom stereocenters. The summed E-state index contributed by atoms with van der Waals surface area (Å²) in [5.41, 5.74) is 0.964. The number of tetrazole rings is 1. The Balaban J connectivity index is 1.77. The number of carbonyl (C=O) groups is 1. The van der Waals surface area contributed by atoms with Crippen molar-refractivity contribution in [1.29, 1.82) is 0 Å². The molecule has 0 aliphatic rings. The number of benzene rings is 1. The topological polar surface area (TPSA) is 72.7 Å². The molecule has 0 spiro atoms. The van der Waals surface area contributed by atoms with Gasteiger partial charge in [-0.05, 0) is 28.1 Å². The van der Waals surface area contributed by atoms with E-state index in [-0.39, 0.29) is 11.7 Å². The number of amides is 1. The number of halogens is 1. The van der Waals surface area contributed by atoms with Crippen LogP contribution in [0.15, 0.2) is 29.4 Å². The van der Waals surface area contributed by atoms with Gasteiger partial charge in [-0.25, -0.2) is 4.68 Å². The van der Waals surface area contributed by atoms with Crippen LogP contribution in [0.4, 0.5) is 0 Å². The van der Waals surface area contributed by atoms with Crippen LogP contribution < -0.4 is 5.32 Å². The largest absolute Gasteiger partial charge is 0.351 e. The molecule has 2 rings (SSSR count). The predicted octanol–water partition coefficient (Wildman–Crippen LogP) is 1.27. The number of aromatic nitrogens is 4. The van der Waals surface area contributed by atoms with E-state index >= 15 is 0 Å². The minimum absolute atomic E-state index is 0.0759. The number of hydrogen-bond donors (Lipinski definition) is 1. The summed E-state index contributed by atoms with van der Waals surface area (Å²) in [6.07, 6.45) is 0. The molecule has 1 heterocycles. The molecule has 100 valence electrons. The zero-order valence-electron chi connectivity index (χ0n) is 10.2. The molecule has 2 aromatic rings. The smallest absolute Gasteiger partial charge is 0.230 e. The molecule has 0 radical (unpaired) electrons. The highest BCUT2D eigenvalue weighted by atomic mass is 35.5. The van der Waals surface area contributed by atoms with Gasteiger partial charge in [-0.15, -0.1) is 5.10 Å². The summed E-state index contributed by atoms with van der Waals surface area (Å²) in [7, 11) is 1.73. The minimum atomic E-state index is -0.0759. The maximum Gasteiger partial charge on any atom is 0.230 e. The number of hydrogen-bond acceptors (Lipinski definition) is 5. The molecule has 0 bridgehead atoms. The zero-order valence-corrected chi connectivity index (χ0v) is 11.8. The van der Waals surface area contributed by atoms with Gasteiger partial charge in [0, 0.05) is 18.6 Å².